The van der Waals surface area contributed by atoms with Crippen LogP contribution in [-0.2, 0) is 6.42 Å². The molecule has 17 heavy (non-hydrogen) atoms. The fourth-order valence-corrected chi connectivity index (χ4v) is 2.39. The van der Waals surface area contributed by atoms with Crippen LogP contribution in [0.5, 0.6) is 0 Å². The van der Waals surface area contributed by atoms with Crippen molar-refractivity contribution < 1.29 is 0 Å². The van der Waals surface area contributed by atoms with Crippen molar-refractivity contribution in [2.75, 3.05) is 19.0 Å². The van der Waals surface area contributed by atoms with Gasteiger partial charge in [-0.2, -0.15) is 0 Å². The van der Waals surface area contributed by atoms with Crippen LogP contribution in [0.4, 0.5) is 5.69 Å². The molecule has 2 aromatic heterocycles. The second-order valence-corrected chi connectivity index (χ2v) is 5.70. The summed E-state index contributed by atoms with van der Waals surface area (Å²) in [6, 6.07) is 4.27. The fraction of sp³-hybridized carbons (Fsp3) is 0.462. The van der Waals surface area contributed by atoms with Crippen molar-refractivity contribution in [3.8, 4) is 0 Å². The average molecular weight is 296 g/mol. The largest absolute Gasteiger partial charge is 0.378 e. The van der Waals surface area contributed by atoms with Gasteiger partial charge in [0.05, 0.1) is 5.52 Å². The molecule has 0 aliphatic carbocycles. The fourth-order valence-electron chi connectivity index (χ4n) is 1.88. The monoisotopic (exact) mass is 295 g/mol. The van der Waals surface area contributed by atoms with Gasteiger partial charge in [0.15, 0.2) is 0 Å². The molecule has 0 fully saturated rings. The minimum atomic E-state index is 0.612. The molecular weight excluding hydrogens is 278 g/mol. The Morgan fingerprint density at radius 2 is 2.12 bits per heavy atom. The number of fused-ring (bicyclic) bond motifs is 1. The number of hydrogen-bond donors (Lipinski definition) is 0. The van der Waals surface area contributed by atoms with Gasteiger partial charge in [0, 0.05) is 32.4 Å². The summed E-state index contributed by atoms with van der Waals surface area (Å²) in [5.41, 5.74) is 2.32. The van der Waals surface area contributed by atoms with E-state index in [1.807, 2.05) is 14.1 Å². The Kier molecular flexibility index (Phi) is 3.43. The maximum atomic E-state index is 4.59. The van der Waals surface area contributed by atoms with Crippen molar-refractivity contribution in [3.05, 3.63) is 28.8 Å². The van der Waals surface area contributed by atoms with Gasteiger partial charge >= 0.3 is 0 Å². The maximum absolute atomic E-state index is 4.59. The summed E-state index contributed by atoms with van der Waals surface area (Å²) >= 11 is 3.54. The van der Waals surface area contributed by atoms with Crippen LogP contribution in [0.1, 0.15) is 19.7 Å². The highest BCUT2D eigenvalue weighted by Gasteiger charge is 2.11. The molecule has 2 aromatic rings. The Morgan fingerprint density at radius 3 is 2.71 bits per heavy atom. The topological polar surface area (TPSA) is 20.5 Å². The number of hydrogen-bond acceptors (Lipinski definition) is 2. The summed E-state index contributed by atoms with van der Waals surface area (Å²) in [6.45, 7) is 4.42. The molecule has 4 heteroatoms. The highest BCUT2D eigenvalue weighted by molar-refractivity contribution is 9.10. The van der Waals surface area contributed by atoms with E-state index < -0.39 is 0 Å². The first-order chi connectivity index (χ1) is 7.99. The second kappa shape index (κ2) is 4.69. The molecule has 0 spiro atoms. The third-order valence-electron chi connectivity index (χ3n) is 2.76. The van der Waals surface area contributed by atoms with Crippen LogP contribution in [0.15, 0.2) is 22.9 Å². The van der Waals surface area contributed by atoms with Crippen molar-refractivity contribution in [1.29, 1.82) is 0 Å². The number of anilines is 1. The molecule has 2 rings (SSSR count). The number of halogens is 1. The zero-order valence-corrected chi connectivity index (χ0v) is 12.3. The normalized spacial score (nSPS) is 11.4. The molecule has 3 nitrogen and oxygen atoms in total. The molecule has 0 aliphatic rings. The van der Waals surface area contributed by atoms with Crippen LogP contribution in [0, 0.1) is 5.92 Å². The van der Waals surface area contributed by atoms with E-state index in [1.165, 1.54) is 5.69 Å². The Labute approximate surface area is 111 Å². The predicted octanol–water partition coefficient (Wildman–Crippen LogP) is 3.36. The van der Waals surface area contributed by atoms with Gasteiger partial charge in [-0.3, -0.25) is 0 Å². The van der Waals surface area contributed by atoms with E-state index in [2.05, 4.69) is 62.4 Å². The summed E-state index contributed by atoms with van der Waals surface area (Å²) in [5, 5.41) is 0. The highest BCUT2D eigenvalue weighted by Crippen LogP contribution is 2.24. The lowest BCUT2D eigenvalue weighted by atomic mass is 10.1. The lowest BCUT2D eigenvalue weighted by molar-refractivity contribution is 0.619. The van der Waals surface area contributed by atoms with Gasteiger partial charge in [-0.05, 0) is 34.0 Å². The minimum absolute atomic E-state index is 0.612. The molecule has 0 saturated carbocycles. The number of pyridine rings is 1. The van der Waals surface area contributed by atoms with Gasteiger partial charge in [-0.15, -0.1) is 0 Å². The molecule has 2 heterocycles. The second-order valence-electron chi connectivity index (χ2n) is 4.95. The number of aromatic nitrogens is 2. The quantitative estimate of drug-likeness (QED) is 0.865. The first kappa shape index (κ1) is 12.4. The Balaban J connectivity index is 2.53. The van der Waals surface area contributed by atoms with Crippen molar-refractivity contribution in [1.82, 2.24) is 9.38 Å². The standard InChI is InChI=1S/C13H18BrN3/c1-9(2)7-12-15-13(14)11-8-10(16(3)4)5-6-17(11)12/h5-6,8-9H,7H2,1-4H3. The SMILES string of the molecule is CC(C)Cc1nc(Br)c2cc(N(C)C)ccn12. The van der Waals surface area contributed by atoms with Crippen molar-refractivity contribution >= 4 is 27.1 Å². The summed E-state index contributed by atoms with van der Waals surface area (Å²) in [5.74, 6) is 1.73. The molecule has 0 N–H and O–H groups in total. The van der Waals surface area contributed by atoms with Gasteiger partial charge in [0.1, 0.15) is 10.4 Å². The van der Waals surface area contributed by atoms with E-state index in [1.54, 1.807) is 0 Å². The van der Waals surface area contributed by atoms with Crippen LogP contribution in [0.3, 0.4) is 0 Å². The molecule has 0 unspecified atom stereocenters. The van der Waals surface area contributed by atoms with Crippen LogP contribution < -0.4 is 4.90 Å². The van der Waals surface area contributed by atoms with Crippen LogP contribution >= 0.6 is 15.9 Å². The minimum Gasteiger partial charge on any atom is -0.378 e. The summed E-state index contributed by atoms with van der Waals surface area (Å²) in [6.07, 6.45) is 3.09. The Bertz CT molecular complexity index is 529. The van der Waals surface area contributed by atoms with E-state index in [9.17, 15) is 0 Å². The molecule has 92 valence electrons. The van der Waals surface area contributed by atoms with E-state index in [-0.39, 0.29) is 0 Å². The van der Waals surface area contributed by atoms with Crippen LogP contribution in [-0.4, -0.2) is 23.5 Å². The Hall–Kier alpha value is -1.03. The van der Waals surface area contributed by atoms with E-state index in [0.29, 0.717) is 5.92 Å². The van der Waals surface area contributed by atoms with Crippen molar-refractivity contribution in [2.24, 2.45) is 5.92 Å². The molecule has 0 saturated heterocycles. The summed E-state index contributed by atoms with van der Waals surface area (Å²) in [7, 11) is 4.09. The van der Waals surface area contributed by atoms with Gasteiger partial charge in [-0.25, -0.2) is 4.98 Å². The zero-order chi connectivity index (χ0) is 12.6. The molecule has 0 atom stereocenters. The zero-order valence-electron chi connectivity index (χ0n) is 10.7. The molecule has 0 amide bonds. The average Bonchev–Trinajstić information content (AvgIpc) is 2.54. The first-order valence-electron chi connectivity index (χ1n) is 5.83. The number of rotatable bonds is 3. The first-order valence-corrected chi connectivity index (χ1v) is 6.62. The summed E-state index contributed by atoms with van der Waals surface area (Å²) in [4.78, 5) is 6.69. The Morgan fingerprint density at radius 1 is 1.41 bits per heavy atom. The summed E-state index contributed by atoms with van der Waals surface area (Å²) < 4.78 is 3.09. The lowest BCUT2D eigenvalue weighted by Crippen LogP contribution is -2.09. The van der Waals surface area contributed by atoms with Gasteiger partial charge < -0.3 is 9.30 Å². The van der Waals surface area contributed by atoms with Crippen molar-refractivity contribution in [2.45, 2.75) is 20.3 Å². The molecule has 0 bridgehead atoms. The van der Waals surface area contributed by atoms with Gasteiger partial charge in [-0.1, -0.05) is 13.8 Å². The number of imidazole rings is 1. The lowest BCUT2D eigenvalue weighted by Gasteiger charge is -2.13. The smallest absolute Gasteiger partial charge is 0.132 e. The highest BCUT2D eigenvalue weighted by atomic mass is 79.9. The van der Waals surface area contributed by atoms with Crippen molar-refractivity contribution in [3.63, 3.8) is 0 Å². The molecular formula is C13H18BrN3. The maximum Gasteiger partial charge on any atom is 0.132 e. The third kappa shape index (κ3) is 2.46. The third-order valence-corrected chi connectivity index (χ3v) is 3.35. The van der Waals surface area contributed by atoms with Crippen LogP contribution in [0.2, 0.25) is 0 Å². The molecule has 0 aliphatic heterocycles. The van der Waals surface area contributed by atoms with Gasteiger partial charge in [0.2, 0.25) is 0 Å². The molecule has 0 radical (unpaired) electrons. The van der Waals surface area contributed by atoms with E-state index >= 15 is 0 Å². The van der Waals surface area contributed by atoms with E-state index in [0.717, 1.165) is 22.4 Å². The van der Waals surface area contributed by atoms with E-state index in [4.69, 9.17) is 0 Å². The molecule has 0 aromatic carbocycles. The predicted molar refractivity (Wildman–Crippen MR) is 75.8 cm³/mol. The van der Waals surface area contributed by atoms with Crippen LogP contribution in [0.25, 0.3) is 5.52 Å². The van der Waals surface area contributed by atoms with Gasteiger partial charge in [0.25, 0.3) is 0 Å². The number of nitrogens with zero attached hydrogens (tertiary/aromatic N) is 3.